The van der Waals surface area contributed by atoms with Crippen molar-refractivity contribution in [1.29, 1.82) is 0 Å². The Morgan fingerprint density at radius 1 is 1.07 bits per heavy atom. The second-order valence-electron chi connectivity index (χ2n) is 6.01. The van der Waals surface area contributed by atoms with E-state index in [0.717, 1.165) is 12.0 Å². The Kier molecular flexibility index (Phi) is 7.61. The lowest BCUT2D eigenvalue weighted by Crippen LogP contribution is -2.47. The van der Waals surface area contributed by atoms with E-state index in [-0.39, 0.29) is 18.3 Å². The van der Waals surface area contributed by atoms with E-state index in [1.54, 1.807) is 43.5 Å². The minimum absolute atomic E-state index is 0.241. The van der Waals surface area contributed by atoms with Crippen LogP contribution in [0.4, 0.5) is 14.9 Å². The number of ether oxygens (including phenoxy) is 1. The van der Waals surface area contributed by atoms with Crippen molar-refractivity contribution in [3.8, 4) is 5.75 Å². The molecule has 1 unspecified atom stereocenters. The topological polar surface area (TPSA) is 79.5 Å². The van der Waals surface area contributed by atoms with Crippen LogP contribution in [0.15, 0.2) is 48.5 Å². The lowest BCUT2D eigenvalue weighted by molar-refractivity contribution is -0.118. The highest BCUT2D eigenvalue weighted by atomic mass is 19.1. The summed E-state index contributed by atoms with van der Waals surface area (Å²) in [6.45, 7) is 2.18. The number of carbonyl (C=O) groups excluding carboxylic acids is 2. The molecular formula is C20H24FN3O3. The number of amides is 3. The molecule has 1 atom stereocenters. The van der Waals surface area contributed by atoms with Crippen LogP contribution in [0.25, 0.3) is 0 Å². The predicted octanol–water partition coefficient (Wildman–Crippen LogP) is 3.44. The number of hydrogen-bond donors (Lipinski definition) is 3. The van der Waals surface area contributed by atoms with Gasteiger partial charge in [-0.2, -0.15) is 0 Å². The van der Waals surface area contributed by atoms with E-state index in [2.05, 4.69) is 16.0 Å². The summed E-state index contributed by atoms with van der Waals surface area (Å²) in [5.74, 6) is 0.0665. The third kappa shape index (κ3) is 6.62. The molecule has 0 bridgehead atoms. The van der Waals surface area contributed by atoms with Crippen molar-refractivity contribution < 1.29 is 18.7 Å². The van der Waals surface area contributed by atoms with Gasteiger partial charge in [0.15, 0.2) is 0 Å². The Morgan fingerprint density at radius 3 is 2.33 bits per heavy atom. The largest absolute Gasteiger partial charge is 0.497 e. The van der Waals surface area contributed by atoms with Crippen LogP contribution in [0.3, 0.4) is 0 Å². The summed E-state index contributed by atoms with van der Waals surface area (Å²) >= 11 is 0. The van der Waals surface area contributed by atoms with E-state index in [0.29, 0.717) is 17.9 Å². The van der Waals surface area contributed by atoms with Crippen LogP contribution in [0.1, 0.15) is 25.3 Å². The van der Waals surface area contributed by atoms with Gasteiger partial charge in [0.25, 0.3) is 0 Å². The number of carbonyl (C=O) groups is 2. The van der Waals surface area contributed by atoms with E-state index in [9.17, 15) is 14.0 Å². The zero-order chi connectivity index (χ0) is 19.6. The molecule has 0 spiro atoms. The number of benzene rings is 2. The summed E-state index contributed by atoms with van der Waals surface area (Å²) in [7, 11) is 1.57. The molecule has 6 nitrogen and oxygen atoms in total. The van der Waals surface area contributed by atoms with E-state index in [4.69, 9.17) is 4.74 Å². The molecule has 0 aromatic heterocycles. The third-order valence-corrected chi connectivity index (χ3v) is 3.92. The quantitative estimate of drug-likeness (QED) is 0.663. The Hall–Kier alpha value is -3.09. The van der Waals surface area contributed by atoms with Gasteiger partial charge in [-0.1, -0.05) is 25.5 Å². The molecule has 7 heteroatoms. The molecule has 3 N–H and O–H groups in total. The Bertz CT molecular complexity index is 748. The van der Waals surface area contributed by atoms with Crippen LogP contribution in [-0.2, 0) is 11.3 Å². The van der Waals surface area contributed by atoms with Gasteiger partial charge in [0.2, 0.25) is 5.91 Å². The molecule has 27 heavy (non-hydrogen) atoms. The fraction of sp³-hybridized carbons (Fsp3) is 0.300. The minimum Gasteiger partial charge on any atom is -0.497 e. The zero-order valence-corrected chi connectivity index (χ0v) is 15.4. The molecule has 0 saturated carbocycles. The van der Waals surface area contributed by atoms with Crippen LogP contribution in [0.5, 0.6) is 5.75 Å². The molecular weight excluding hydrogens is 349 g/mol. The Morgan fingerprint density at radius 2 is 1.74 bits per heavy atom. The van der Waals surface area contributed by atoms with Gasteiger partial charge in [-0.25, -0.2) is 9.18 Å². The zero-order valence-electron chi connectivity index (χ0n) is 15.4. The van der Waals surface area contributed by atoms with E-state index in [1.807, 2.05) is 6.92 Å². The summed E-state index contributed by atoms with van der Waals surface area (Å²) in [6.07, 6.45) is 1.24. The van der Waals surface area contributed by atoms with Gasteiger partial charge in [-0.05, 0) is 48.4 Å². The lowest BCUT2D eigenvalue weighted by Gasteiger charge is -2.18. The van der Waals surface area contributed by atoms with Crippen molar-refractivity contribution in [2.45, 2.75) is 32.4 Å². The molecule has 144 valence electrons. The monoisotopic (exact) mass is 373 g/mol. The molecule has 2 aromatic carbocycles. The first-order valence-electron chi connectivity index (χ1n) is 8.75. The number of rotatable bonds is 8. The first-order chi connectivity index (χ1) is 13.0. The van der Waals surface area contributed by atoms with Crippen LogP contribution in [-0.4, -0.2) is 25.1 Å². The molecule has 2 aromatic rings. The van der Waals surface area contributed by atoms with Gasteiger partial charge < -0.3 is 20.7 Å². The van der Waals surface area contributed by atoms with E-state index >= 15 is 0 Å². The van der Waals surface area contributed by atoms with E-state index in [1.165, 1.54) is 12.1 Å². The Labute approximate surface area is 158 Å². The van der Waals surface area contributed by atoms with Gasteiger partial charge >= 0.3 is 6.03 Å². The standard InChI is InChI=1S/C20H24FN3O3/c1-3-4-18(19(25)23-16-9-11-17(27-2)12-10-16)24-20(26)22-13-14-5-7-15(21)8-6-14/h5-12,18H,3-4,13H2,1-2H3,(H,23,25)(H2,22,24,26). The van der Waals surface area contributed by atoms with Gasteiger partial charge in [-0.15, -0.1) is 0 Å². The molecule has 2 rings (SSSR count). The first-order valence-corrected chi connectivity index (χ1v) is 8.75. The van der Waals surface area contributed by atoms with Crippen molar-refractivity contribution in [2.75, 3.05) is 12.4 Å². The number of halogens is 1. The van der Waals surface area contributed by atoms with Crippen molar-refractivity contribution >= 4 is 17.6 Å². The molecule has 0 aliphatic rings. The Balaban J connectivity index is 1.89. The molecule has 0 saturated heterocycles. The molecule has 0 radical (unpaired) electrons. The fourth-order valence-corrected chi connectivity index (χ4v) is 2.46. The predicted molar refractivity (Wildman–Crippen MR) is 102 cm³/mol. The van der Waals surface area contributed by atoms with Crippen LogP contribution >= 0.6 is 0 Å². The van der Waals surface area contributed by atoms with Crippen LogP contribution < -0.4 is 20.7 Å². The number of methoxy groups -OCH3 is 1. The summed E-state index contributed by atoms with van der Waals surface area (Å²) in [5, 5.41) is 8.14. The van der Waals surface area contributed by atoms with Crippen molar-refractivity contribution in [3.63, 3.8) is 0 Å². The molecule has 0 fully saturated rings. The number of hydrogen-bond acceptors (Lipinski definition) is 3. The molecule has 0 aliphatic carbocycles. The summed E-state index contributed by atoms with van der Waals surface area (Å²) in [4.78, 5) is 24.6. The van der Waals surface area contributed by atoms with Crippen LogP contribution in [0.2, 0.25) is 0 Å². The second-order valence-corrected chi connectivity index (χ2v) is 6.01. The average molecular weight is 373 g/mol. The maximum Gasteiger partial charge on any atom is 0.315 e. The number of urea groups is 1. The first kappa shape index (κ1) is 20.2. The molecule has 3 amide bonds. The smallest absolute Gasteiger partial charge is 0.315 e. The highest BCUT2D eigenvalue weighted by molar-refractivity contribution is 5.97. The lowest BCUT2D eigenvalue weighted by atomic mass is 10.1. The van der Waals surface area contributed by atoms with Crippen LogP contribution in [0, 0.1) is 5.82 Å². The maximum atomic E-state index is 12.9. The average Bonchev–Trinajstić information content (AvgIpc) is 2.68. The van der Waals surface area contributed by atoms with Gasteiger partial charge in [0.1, 0.15) is 17.6 Å². The summed E-state index contributed by atoms with van der Waals surface area (Å²) in [6, 6.07) is 11.7. The summed E-state index contributed by atoms with van der Waals surface area (Å²) < 4.78 is 18.0. The second kappa shape index (κ2) is 10.2. The highest BCUT2D eigenvalue weighted by Crippen LogP contribution is 2.15. The minimum atomic E-state index is -0.662. The van der Waals surface area contributed by atoms with Gasteiger partial charge in [-0.3, -0.25) is 4.79 Å². The summed E-state index contributed by atoms with van der Waals surface area (Å²) in [5.41, 5.74) is 1.39. The van der Waals surface area contributed by atoms with Crippen molar-refractivity contribution in [1.82, 2.24) is 10.6 Å². The number of nitrogens with one attached hydrogen (secondary N) is 3. The normalized spacial score (nSPS) is 11.4. The maximum absolute atomic E-state index is 12.9. The SMILES string of the molecule is CCCC(NC(=O)NCc1ccc(F)cc1)C(=O)Nc1ccc(OC)cc1. The molecule has 0 aliphatic heterocycles. The van der Waals surface area contributed by atoms with Gasteiger partial charge in [0.05, 0.1) is 7.11 Å². The third-order valence-electron chi connectivity index (χ3n) is 3.92. The number of anilines is 1. The van der Waals surface area contributed by atoms with Crippen molar-refractivity contribution in [3.05, 3.63) is 59.9 Å². The molecule has 0 heterocycles. The van der Waals surface area contributed by atoms with E-state index < -0.39 is 12.1 Å². The fourth-order valence-electron chi connectivity index (χ4n) is 2.46. The highest BCUT2D eigenvalue weighted by Gasteiger charge is 2.20. The van der Waals surface area contributed by atoms with Gasteiger partial charge in [0, 0.05) is 12.2 Å². The van der Waals surface area contributed by atoms with Crippen molar-refractivity contribution in [2.24, 2.45) is 0 Å².